The zero-order valence-electron chi connectivity index (χ0n) is 24.3. The normalized spacial score (nSPS) is 17.0. The van der Waals surface area contributed by atoms with E-state index in [-0.39, 0.29) is 51.1 Å². The van der Waals surface area contributed by atoms with Crippen molar-refractivity contribution in [2.24, 2.45) is 0 Å². The molecule has 1 fully saturated rings. The van der Waals surface area contributed by atoms with Crippen molar-refractivity contribution in [3.63, 3.8) is 0 Å². The van der Waals surface area contributed by atoms with E-state index in [2.05, 4.69) is 5.32 Å². The molecule has 1 saturated heterocycles. The molecule has 0 atom stereocenters. The summed E-state index contributed by atoms with van der Waals surface area (Å²) in [5.41, 5.74) is -3.20. The van der Waals surface area contributed by atoms with Gasteiger partial charge in [-0.1, -0.05) is 24.3 Å². The molecule has 2 aromatic carbocycles. The number of nitrogens with one attached hydrogen (secondary N) is 1. The summed E-state index contributed by atoms with van der Waals surface area (Å²) >= 11 is 0. The molecule has 1 amide bonds. The second-order valence-corrected chi connectivity index (χ2v) is 11.8. The summed E-state index contributed by atoms with van der Waals surface area (Å²) < 4.78 is 104. The average molecular weight is 606 g/mol. The second-order valence-electron chi connectivity index (χ2n) is 11.8. The Morgan fingerprint density at radius 2 is 1.52 bits per heavy atom. The molecule has 2 aromatic rings. The number of hydrogen-bond acceptors (Lipinski definition) is 5. The van der Waals surface area contributed by atoms with E-state index in [9.17, 15) is 31.1 Å². The zero-order chi connectivity index (χ0) is 31.4. The summed E-state index contributed by atoms with van der Waals surface area (Å²) in [6, 6.07) is 8.73. The van der Waals surface area contributed by atoms with Gasteiger partial charge < -0.3 is 24.3 Å². The lowest BCUT2D eigenvalue weighted by Gasteiger charge is -2.44. The third-order valence-electron chi connectivity index (χ3n) is 6.57. The Morgan fingerprint density at radius 3 is 2.12 bits per heavy atom. The van der Waals surface area contributed by atoms with Crippen molar-refractivity contribution < 1.29 is 50.1 Å². The summed E-state index contributed by atoms with van der Waals surface area (Å²) in [5.74, 6) is -1.31. The van der Waals surface area contributed by atoms with Crippen molar-refractivity contribution in [2.75, 3.05) is 19.8 Å². The molecule has 0 bridgehead atoms. The Balaban J connectivity index is 1.70. The van der Waals surface area contributed by atoms with Crippen molar-refractivity contribution >= 4 is 6.09 Å². The molecule has 0 aromatic heterocycles. The van der Waals surface area contributed by atoms with Crippen molar-refractivity contribution in [3.8, 4) is 5.75 Å². The molecular weight excluding hydrogens is 568 g/mol. The first kappa shape index (κ1) is 33.5. The molecule has 1 aliphatic rings. The van der Waals surface area contributed by atoms with E-state index in [1.165, 1.54) is 30.3 Å². The van der Waals surface area contributed by atoms with E-state index < -0.39 is 52.2 Å². The minimum atomic E-state index is -4.73. The molecule has 12 heteroatoms. The molecule has 0 radical (unpaired) electrons. The van der Waals surface area contributed by atoms with Crippen LogP contribution >= 0.6 is 0 Å². The second kappa shape index (κ2) is 12.7. The van der Waals surface area contributed by atoms with Crippen LogP contribution in [0, 0.1) is 0 Å². The molecule has 0 aliphatic carbocycles. The predicted molar refractivity (Wildman–Crippen MR) is 143 cm³/mol. The van der Waals surface area contributed by atoms with Crippen LogP contribution in [0.4, 0.5) is 31.1 Å². The SMILES string of the molecule is CC(C)(C)OC(=O)NC1(CCc2ccc(OCCCc3ccccc3C(F)(F)F)c(C(F)(F)F)c2)COC(C)(C)OC1. The molecule has 6 nitrogen and oxygen atoms in total. The molecule has 1 aliphatic heterocycles. The summed E-state index contributed by atoms with van der Waals surface area (Å²) in [6.07, 6.45) is -9.55. The number of carbonyl (C=O) groups is 1. The highest BCUT2D eigenvalue weighted by Gasteiger charge is 2.42. The fraction of sp³-hybridized carbons (Fsp3) is 0.567. The third kappa shape index (κ3) is 9.79. The lowest BCUT2D eigenvalue weighted by molar-refractivity contribution is -0.271. The van der Waals surface area contributed by atoms with Crippen molar-refractivity contribution in [1.29, 1.82) is 0 Å². The smallest absolute Gasteiger partial charge is 0.419 e. The van der Waals surface area contributed by atoms with Crippen LogP contribution < -0.4 is 10.1 Å². The van der Waals surface area contributed by atoms with Crippen LogP contribution in [-0.2, 0) is 39.4 Å². The lowest BCUT2D eigenvalue weighted by atomic mass is 9.91. The zero-order valence-corrected chi connectivity index (χ0v) is 24.3. The highest BCUT2D eigenvalue weighted by molar-refractivity contribution is 5.69. The van der Waals surface area contributed by atoms with Crippen LogP contribution in [0.5, 0.6) is 5.75 Å². The highest BCUT2D eigenvalue weighted by Crippen LogP contribution is 2.38. The van der Waals surface area contributed by atoms with E-state index in [0.29, 0.717) is 5.56 Å². The molecule has 0 unspecified atom stereocenters. The van der Waals surface area contributed by atoms with Crippen LogP contribution in [0.25, 0.3) is 0 Å². The first-order valence-corrected chi connectivity index (χ1v) is 13.6. The van der Waals surface area contributed by atoms with Crippen LogP contribution in [0.3, 0.4) is 0 Å². The first-order valence-electron chi connectivity index (χ1n) is 13.6. The van der Waals surface area contributed by atoms with E-state index in [1.54, 1.807) is 34.6 Å². The fourth-order valence-corrected chi connectivity index (χ4v) is 4.43. The van der Waals surface area contributed by atoms with Gasteiger partial charge in [0, 0.05) is 0 Å². The van der Waals surface area contributed by atoms with Crippen LogP contribution in [0.2, 0.25) is 0 Å². The monoisotopic (exact) mass is 605 g/mol. The molecular formula is C30H37F6NO5. The van der Waals surface area contributed by atoms with Gasteiger partial charge in [0.1, 0.15) is 11.4 Å². The van der Waals surface area contributed by atoms with Crippen LogP contribution in [-0.4, -0.2) is 42.8 Å². The van der Waals surface area contributed by atoms with Gasteiger partial charge in [0.2, 0.25) is 0 Å². The number of hydrogen-bond donors (Lipinski definition) is 1. The Bertz CT molecular complexity index is 1210. The fourth-order valence-electron chi connectivity index (χ4n) is 4.43. The Labute approximate surface area is 241 Å². The number of aryl methyl sites for hydroxylation is 2. The van der Waals surface area contributed by atoms with E-state index in [4.69, 9.17) is 18.9 Å². The van der Waals surface area contributed by atoms with E-state index >= 15 is 0 Å². The van der Waals surface area contributed by atoms with E-state index in [1.807, 2.05) is 0 Å². The lowest BCUT2D eigenvalue weighted by Crippen LogP contribution is -2.61. The third-order valence-corrected chi connectivity index (χ3v) is 6.57. The molecule has 3 rings (SSSR count). The minimum absolute atomic E-state index is 0.0111. The average Bonchev–Trinajstić information content (AvgIpc) is 2.85. The largest absolute Gasteiger partial charge is 0.493 e. The Kier molecular flexibility index (Phi) is 10.1. The number of carbonyl (C=O) groups excluding carboxylic acids is 1. The number of halogens is 6. The molecule has 234 valence electrons. The van der Waals surface area contributed by atoms with Gasteiger partial charge in [0.15, 0.2) is 5.79 Å². The summed E-state index contributed by atoms with van der Waals surface area (Å²) in [6.45, 7) is 8.47. The van der Waals surface area contributed by atoms with Gasteiger partial charge in [-0.2, -0.15) is 26.3 Å². The molecule has 0 spiro atoms. The summed E-state index contributed by atoms with van der Waals surface area (Å²) in [4.78, 5) is 12.6. The van der Waals surface area contributed by atoms with Crippen LogP contribution in [0.1, 0.15) is 69.7 Å². The quantitative estimate of drug-likeness (QED) is 0.234. The Hall–Kier alpha value is -2.99. The number of alkyl halides is 6. The molecule has 1 heterocycles. The van der Waals surface area contributed by atoms with Gasteiger partial charge in [-0.3, -0.25) is 0 Å². The first-order chi connectivity index (χ1) is 19.3. The van der Waals surface area contributed by atoms with Crippen molar-refractivity contribution in [2.45, 2.75) is 89.6 Å². The van der Waals surface area contributed by atoms with E-state index in [0.717, 1.165) is 12.1 Å². The molecule has 0 saturated carbocycles. The highest BCUT2D eigenvalue weighted by atomic mass is 19.4. The number of amides is 1. The predicted octanol–water partition coefficient (Wildman–Crippen LogP) is 7.71. The number of benzene rings is 2. The minimum Gasteiger partial charge on any atom is -0.493 e. The number of ether oxygens (including phenoxy) is 4. The van der Waals surface area contributed by atoms with Gasteiger partial charge in [0.25, 0.3) is 0 Å². The topological polar surface area (TPSA) is 66.0 Å². The van der Waals surface area contributed by atoms with Crippen molar-refractivity contribution in [3.05, 3.63) is 64.7 Å². The van der Waals surface area contributed by atoms with Gasteiger partial charge in [-0.15, -0.1) is 0 Å². The van der Waals surface area contributed by atoms with Crippen molar-refractivity contribution in [1.82, 2.24) is 5.32 Å². The number of rotatable bonds is 9. The van der Waals surface area contributed by atoms with Crippen LogP contribution in [0.15, 0.2) is 42.5 Å². The van der Waals surface area contributed by atoms with Gasteiger partial charge in [0.05, 0.1) is 36.5 Å². The van der Waals surface area contributed by atoms with Gasteiger partial charge in [-0.05, 0) is 89.6 Å². The molecule has 42 heavy (non-hydrogen) atoms. The molecule has 1 N–H and O–H groups in total. The van der Waals surface area contributed by atoms with Gasteiger partial charge in [-0.25, -0.2) is 4.79 Å². The maximum absolute atomic E-state index is 14.0. The Morgan fingerprint density at radius 1 is 0.905 bits per heavy atom. The number of alkyl carbamates (subject to hydrolysis) is 1. The van der Waals surface area contributed by atoms with Gasteiger partial charge >= 0.3 is 18.4 Å². The summed E-state index contributed by atoms with van der Waals surface area (Å²) in [7, 11) is 0. The summed E-state index contributed by atoms with van der Waals surface area (Å²) in [5, 5.41) is 2.79. The maximum Gasteiger partial charge on any atom is 0.419 e. The standard InChI is InChI=1S/C30H37F6NO5/c1-26(2,3)42-25(38)37-28(18-40-27(4,5)41-19-28)15-14-20-12-13-24(23(17-20)30(34,35)36)39-16-8-10-21-9-6-7-11-22(21)29(31,32)33/h6-7,9,11-13,17H,8,10,14-16,18-19H2,1-5H3,(H,37,38). The maximum atomic E-state index is 14.0.